The van der Waals surface area contributed by atoms with Crippen molar-refractivity contribution in [1.82, 2.24) is 5.32 Å². The number of carbonyl (C=O) groups excluding carboxylic acids is 1. The highest BCUT2D eigenvalue weighted by Crippen LogP contribution is 2.15. The number of hydrogen-bond donors (Lipinski definition) is 1. The van der Waals surface area contributed by atoms with Crippen LogP contribution in [0, 0.1) is 5.92 Å². The van der Waals surface area contributed by atoms with Crippen LogP contribution in [0.4, 0.5) is 0 Å². The van der Waals surface area contributed by atoms with E-state index in [0.29, 0.717) is 5.92 Å². The molecule has 1 unspecified atom stereocenters. The fourth-order valence-electron chi connectivity index (χ4n) is 2.09. The Morgan fingerprint density at radius 2 is 1.71 bits per heavy atom. The first-order valence-electron chi connectivity index (χ1n) is 7.23. The minimum Gasteiger partial charge on any atom is -0.350 e. The quantitative estimate of drug-likeness (QED) is 0.841. The standard InChI is InChI=1S/C16H25NO3S/c1-12(2)11-14-5-7-15(8-6-14)13(3)17-16(18)9-10-21(4,19)20/h5-8,12-13H,9-11H2,1-4H3,(H,17,18). The number of carbonyl (C=O) groups is 1. The highest BCUT2D eigenvalue weighted by atomic mass is 32.2. The number of nitrogens with one attached hydrogen (secondary N) is 1. The van der Waals surface area contributed by atoms with Gasteiger partial charge in [-0.05, 0) is 30.4 Å². The van der Waals surface area contributed by atoms with Crippen LogP contribution in [0.3, 0.4) is 0 Å². The zero-order chi connectivity index (χ0) is 16.0. The molecule has 0 aliphatic rings. The Kier molecular flexibility index (Phi) is 6.40. The van der Waals surface area contributed by atoms with Gasteiger partial charge in [0.2, 0.25) is 5.91 Å². The molecule has 4 nitrogen and oxygen atoms in total. The van der Waals surface area contributed by atoms with Crippen LogP contribution < -0.4 is 5.32 Å². The van der Waals surface area contributed by atoms with Gasteiger partial charge in [0.1, 0.15) is 9.84 Å². The number of sulfone groups is 1. The molecule has 0 aromatic heterocycles. The summed E-state index contributed by atoms with van der Waals surface area (Å²) in [6.07, 6.45) is 2.18. The summed E-state index contributed by atoms with van der Waals surface area (Å²) in [4.78, 5) is 11.7. The predicted molar refractivity (Wildman–Crippen MR) is 85.9 cm³/mol. The number of rotatable bonds is 7. The van der Waals surface area contributed by atoms with Crippen LogP contribution >= 0.6 is 0 Å². The van der Waals surface area contributed by atoms with Crippen LogP contribution in [0.2, 0.25) is 0 Å². The lowest BCUT2D eigenvalue weighted by molar-refractivity contribution is -0.121. The SMILES string of the molecule is CC(C)Cc1ccc(C(C)NC(=O)CCS(C)(=O)=O)cc1. The van der Waals surface area contributed by atoms with Crippen LogP contribution in [0.1, 0.15) is 44.4 Å². The van der Waals surface area contributed by atoms with Gasteiger partial charge in [-0.1, -0.05) is 38.1 Å². The molecule has 0 fully saturated rings. The van der Waals surface area contributed by atoms with Gasteiger partial charge in [0.15, 0.2) is 0 Å². The molecule has 0 spiro atoms. The summed E-state index contributed by atoms with van der Waals surface area (Å²) < 4.78 is 22.1. The Hall–Kier alpha value is -1.36. The molecule has 0 heterocycles. The van der Waals surface area contributed by atoms with Gasteiger partial charge in [-0.3, -0.25) is 4.79 Å². The highest BCUT2D eigenvalue weighted by Gasteiger charge is 2.12. The van der Waals surface area contributed by atoms with Crippen molar-refractivity contribution >= 4 is 15.7 Å². The lowest BCUT2D eigenvalue weighted by atomic mass is 10.00. The summed E-state index contributed by atoms with van der Waals surface area (Å²) in [7, 11) is -3.10. The summed E-state index contributed by atoms with van der Waals surface area (Å²) >= 11 is 0. The van der Waals surface area contributed by atoms with Crippen LogP contribution in [-0.2, 0) is 21.1 Å². The van der Waals surface area contributed by atoms with Crippen LogP contribution in [0.25, 0.3) is 0 Å². The Morgan fingerprint density at radius 1 is 1.14 bits per heavy atom. The lowest BCUT2D eigenvalue weighted by Gasteiger charge is -2.15. The zero-order valence-corrected chi connectivity index (χ0v) is 14.0. The van der Waals surface area contributed by atoms with Crippen molar-refractivity contribution in [2.24, 2.45) is 5.92 Å². The molecule has 1 atom stereocenters. The van der Waals surface area contributed by atoms with E-state index in [2.05, 4.69) is 31.3 Å². The molecular formula is C16H25NO3S. The molecule has 1 N–H and O–H groups in total. The maximum absolute atomic E-state index is 11.7. The van der Waals surface area contributed by atoms with Gasteiger partial charge in [0, 0.05) is 12.7 Å². The Morgan fingerprint density at radius 3 is 2.19 bits per heavy atom. The van der Waals surface area contributed by atoms with E-state index < -0.39 is 9.84 Å². The van der Waals surface area contributed by atoms with E-state index in [9.17, 15) is 13.2 Å². The minimum absolute atomic E-state index is 0.00854. The molecule has 1 amide bonds. The van der Waals surface area contributed by atoms with E-state index in [-0.39, 0.29) is 24.1 Å². The molecular weight excluding hydrogens is 286 g/mol. The van der Waals surface area contributed by atoms with E-state index in [1.807, 2.05) is 19.1 Å². The first-order valence-corrected chi connectivity index (χ1v) is 9.29. The summed E-state index contributed by atoms with van der Waals surface area (Å²) in [6, 6.07) is 8.06. The van der Waals surface area contributed by atoms with E-state index in [4.69, 9.17) is 0 Å². The highest BCUT2D eigenvalue weighted by molar-refractivity contribution is 7.90. The van der Waals surface area contributed by atoms with E-state index in [1.54, 1.807) is 0 Å². The van der Waals surface area contributed by atoms with E-state index in [0.717, 1.165) is 18.2 Å². The average Bonchev–Trinajstić information content (AvgIpc) is 2.35. The molecule has 0 aliphatic carbocycles. The van der Waals surface area contributed by atoms with Crippen molar-refractivity contribution in [2.75, 3.05) is 12.0 Å². The minimum atomic E-state index is -3.10. The number of amides is 1. The van der Waals surface area contributed by atoms with Crippen molar-refractivity contribution in [3.05, 3.63) is 35.4 Å². The molecule has 0 saturated heterocycles. The van der Waals surface area contributed by atoms with Crippen molar-refractivity contribution in [1.29, 1.82) is 0 Å². The predicted octanol–water partition coefficient (Wildman–Crippen LogP) is 2.50. The summed E-state index contributed by atoms with van der Waals surface area (Å²) in [5.41, 5.74) is 2.31. The maximum Gasteiger partial charge on any atom is 0.221 e. The van der Waals surface area contributed by atoms with Crippen LogP contribution in [0.5, 0.6) is 0 Å². The van der Waals surface area contributed by atoms with Crippen LogP contribution in [0.15, 0.2) is 24.3 Å². The summed E-state index contributed by atoms with van der Waals surface area (Å²) in [6.45, 7) is 6.26. The Bertz CT molecular complexity index is 562. The Labute approximate surface area is 127 Å². The average molecular weight is 311 g/mol. The molecule has 0 bridgehead atoms. The molecule has 0 radical (unpaired) electrons. The lowest BCUT2D eigenvalue weighted by Crippen LogP contribution is -2.28. The second kappa shape index (κ2) is 7.59. The summed E-state index contributed by atoms with van der Waals surface area (Å²) in [5, 5.41) is 2.83. The largest absolute Gasteiger partial charge is 0.350 e. The topological polar surface area (TPSA) is 63.2 Å². The van der Waals surface area contributed by atoms with Crippen molar-refractivity contribution in [3.8, 4) is 0 Å². The molecule has 5 heteroatoms. The van der Waals surface area contributed by atoms with Crippen molar-refractivity contribution < 1.29 is 13.2 Å². The number of hydrogen-bond acceptors (Lipinski definition) is 3. The third kappa shape index (κ3) is 7.27. The molecule has 1 aromatic rings. The first kappa shape index (κ1) is 17.7. The maximum atomic E-state index is 11.7. The second-order valence-electron chi connectivity index (χ2n) is 6.01. The van der Waals surface area contributed by atoms with Crippen LogP contribution in [-0.4, -0.2) is 26.3 Å². The number of benzene rings is 1. The van der Waals surface area contributed by atoms with Gasteiger partial charge < -0.3 is 5.32 Å². The van der Waals surface area contributed by atoms with E-state index in [1.165, 1.54) is 5.56 Å². The fourth-order valence-corrected chi connectivity index (χ4v) is 2.65. The van der Waals surface area contributed by atoms with Gasteiger partial charge in [-0.15, -0.1) is 0 Å². The van der Waals surface area contributed by atoms with Gasteiger partial charge in [-0.2, -0.15) is 0 Å². The van der Waals surface area contributed by atoms with Gasteiger partial charge >= 0.3 is 0 Å². The molecule has 0 aliphatic heterocycles. The zero-order valence-electron chi connectivity index (χ0n) is 13.2. The smallest absolute Gasteiger partial charge is 0.221 e. The molecule has 1 aromatic carbocycles. The monoisotopic (exact) mass is 311 g/mol. The second-order valence-corrected chi connectivity index (χ2v) is 8.27. The fraction of sp³-hybridized carbons (Fsp3) is 0.562. The van der Waals surface area contributed by atoms with Gasteiger partial charge in [0.05, 0.1) is 11.8 Å². The molecule has 118 valence electrons. The van der Waals surface area contributed by atoms with Gasteiger partial charge in [0.25, 0.3) is 0 Å². The summed E-state index contributed by atoms with van der Waals surface area (Å²) in [5.74, 6) is 0.266. The third-order valence-electron chi connectivity index (χ3n) is 3.20. The van der Waals surface area contributed by atoms with Gasteiger partial charge in [-0.25, -0.2) is 8.42 Å². The normalized spacial score (nSPS) is 13.2. The molecule has 0 saturated carbocycles. The third-order valence-corrected chi connectivity index (χ3v) is 4.15. The molecule has 1 rings (SSSR count). The first-order chi connectivity index (χ1) is 9.67. The molecule has 21 heavy (non-hydrogen) atoms. The van der Waals surface area contributed by atoms with E-state index >= 15 is 0 Å². The Balaban J connectivity index is 2.55. The van der Waals surface area contributed by atoms with Crippen molar-refractivity contribution in [2.45, 2.75) is 39.7 Å². The van der Waals surface area contributed by atoms with Crippen molar-refractivity contribution in [3.63, 3.8) is 0 Å².